The highest BCUT2D eigenvalue weighted by Crippen LogP contribution is 2.26. The summed E-state index contributed by atoms with van der Waals surface area (Å²) in [6.45, 7) is 7.70. The van der Waals surface area contributed by atoms with Gasteiger partial charge in [-0.05, 0) is 58.4 Å². The number of pyridine rings is 2. The van der Waals surface area contributed by atoms with Gasteiger partial charge in [-0.3, -0.25) is 9.78 Å². The first-order valence-corrected chi connectivity index (χ1v) is 9.46. The monoisotopic (exact) mass is 444 g/mol. The second kappa shape index (κ2) is 11.0. The molecular formula is C21H28F4N4O2. The molecule has 0 bridgehead atoms. The van der Waals surface area contributed by atoms with E-state index in [0.717, 1.165) is 0 Å². The molecule has 1 unspecified atom stereocenters. The van der Waals surface area contributed by atoms with Crippen LogP contribution >= 0.6 is 0 Å². The molecule has 1 amide bonds. The zero-order chi connectivity index (χ0) is 23.8. The number of hydrogen-bond acceptors (Lipinski definition) is 5. The van der Waals surface area contributed by atoms with Gasteiger partial charge in [0.2, 0.25) is 5.88 Å². The molecule has 2 rings (SSSR count). The molecule has 0 fully saturated rings. The second-order valence-electron chi connectivity index (χ2n) is 8.04. The number of nitrogens with one attached hydrogen (secondary N) is 1. The number of aromatic nitrogens is 2. The molecule has 3 N–H and O–H groups in total. The van der Waals surface area contributed by atoms with E-state index in [1.54, 1.807) is 32.0 Å². The molecular weight excluding hydrogens is 416 g/mol. The summed E-state index contributed by atoms with van der Waals surface area (Å²) >= 11 is 0. The number of carbonyl (C=O) groups is 1. The molecule has 6 nitrogen and oxygen atoms in total. The molecule has 0 aliphatic heterocycles. The van der Waals surface area contributed by atoms with E-state index in [1.165, 1.54) is 18.6 Å². The summed E-state index contributed by atoms with van der Waals surface area (Å²) in [4.78, 5) is 19.8. The van der Waals surface area contributed by atoms with Gasteiger partial charge in [0.15, 0.2) is 6.61 Å². The minimum Gasteiger partial charge on any atom is -0.471 e. The van der Waals surface area contributed by atoms with Gasteiger partial charge in [0.05, 0.1) is 6.04 Å². The highest BCUT2D eigenvalue weighted by atomic mass is 19.3. The molecule has 10 heteroatoms. The third kappa shape index (κ3) is 9.73. The van der Waals surface area contributed by atoms with Crippen LogP contribution in [0.1, 0.15) is 55.2 Å². The number of carbonyl (C=O) groups excluding carboxylic acids is 1. The maximum absolute atomic E-state index is 12.9. The van der Waals surface area contributed by atoms with Gasteiger partial charge < -0.3 is 15.8 Å². The van der Waals surface area contributed by atoms with Crippen LogP contribution in [0, 0.1) is 6.92 Å². The molecule has 2 aromatic heterocycles. The summed E-state index contributed by atoms with van der Waals surface area (Å²) in [6.07, 6.45) is 0.505. The molecule has 0 aromatic carbocycles. The zero-order valence-electron chi connectivity index (χ0n) is 18.1. The van der Waals surface area contributed by atoms with Crippen molar-refractivity contribution in [3.05, 3.63) is 53.5 Å². The van der Waals surface area contributed by atoms with Crippen LogP contribution in [-0.4, -0.2) is 40.4 Å². The number of nitrogens with zero attached hydrogens (tertiary/aromatic N) is 2. The Morgan fingerprint density at radius 1 is 1.23 bits per heavy atom. The smallest absolute Gasteiger partial charge is 0.340 e. The van der Waals surface area contributed by atoms with Crippen LogP contribution in [0.25, 0.3) is 0 Å². The van der Waals surface area contributed by atoms with E-state index in [9.17, 15) is 22.4 Å². The van der Waals surface area contributed by atoms with Crippen LogP contribution in [-0.2, 0) is 0 Å². The summed E-state index contributed by atoms with van der Waals surface area (Å²) in [7, 11) is 0. The average molecular weight is 444 g/mol. The number of halogens is 4. The number of rotatable bonds is 7. The fraction of sp³-hybridized carbons (Fsp3) is 0.476. The normalized spacial score (nSPS) is 12.6. The van der Waals surface area contributed by atoms with Crippen LogP contribution in [0.2, 0.25) is 0 Å². The first kappa shape index (κ1) is 26.3. The first-order chi connectivity index (χ1) is 14.2. The number of hydrogen-bond donors (Lipinski definition) is 2. The lowest BCUT2D eigenvalue weighted by Crippen LogP contribution is -2.34. The van der Waals surface area contributed by atoms with Crippen molar-refractivity contribution in [3.63, 3.8) is 0 Å². The van der Waals surface area contributed by atoms with E-state index in [-0.39, 0.29) is 17.3 Å². The molecule has 0 aliphatic rings. The fourth-order valence-electron chi connectivity index (χ4n) is 2.07. The van der Waals surface area contributed by atoms with Gasteiger partial charge in [-0.25, -0.2) is 13.8 Å². The van der Waals surface area contributed by atoms with Gasteiger partial charge in [-0.1, -0.05) is 0 Å². The third-order valence-corrected chi connectivity index (χ3v) is 3.56. The number of ether oxygens (including phenoxy) is 1. The minimum absolute atomic E-state index is 0. The van der Waals surface area contributed by atoms with Crippen LogP contribution in [0.3, 0.4) is 0 Å². The summed E-state index contributed by atoms with van der Waals surface area (Å²) in [6, 6.07) is 4.29. The van der Waals surface area contributed by atoms with Crippen molar-refractivity contribution >= 4 is 5.91 Å². The van der Waals surface area contributed by atoms with Crippen LogP contribution in [0.15, 0.2) is 36.8 Å². The number of aryl methyl sites for hydroxylation is 1. The molecule has 2 heterocycles. The molecule has 2 aromatic rings. The lowest BCUT2D eigenvalue weighted by atomic mass is 10.1. The van der Waals surface area contributed by atoms with Gasteiger partial charge >= 0.3 is 12.3 Å². The van der Waals surface area contributed by atoms with E-state index in [0.29, 0.717) is 16.7 Å². The molecule has 172 valence electrons. The van der Waals surface area contributed by atoms with Gasteiger partial charge in [-0.15, -0.1) is 0 Å². The highest BCUT2D eigenvalue weighted by Gasteiger charge is 2.42. The SMILES string of the molecule is CC(C)(C)N.Cc1cc(C(C)NC(=O)c2ccncc2)cnc1OCC(F)(F)C(F)F. The zero-order valence-corrected chi connectivity index (χ0v) is 18.1. The van der Waals surface area contributed by atoms with Gasteiger partial charge in [0.25, 0.3) is 5.91 Å². The van der Waals surface area contributed by atoms with Gasteiger partial charge in [0, 0.05) is 35.3 Å². The molecule has 0 spiro atoms. The standard InChI is InChI=1S/C17H17F4N3O2.C4H11N/c1-10-7-13(8-23-15(10)26-9-17(20,21)16(18)19)11(2)24-14(25)12-3-5-22-6-4-12;1-4(2,3)5/h3-8,11,16H,9H2,1-2H3,(H,24,25);5H2,1-3H3. The predicted octanol–water partition coefficient (Wildman–Crippen LogP) is 4.30. The predicted molar refractivity (Wildman–Crippen MR) is 109 cm³/mol. The lowest BCUT2D eigenvalue weighted by molar-refractivity contribution is -0.148. The van der Waals surface area contributed by atoms with E-state index in [2.05, 4.69) is 15.3 Å². The van der Waals surface area contributed by atoms with Crippen molar-refractivity contribution < 1.29 is 27.1 Å². The summed E-state index contributed by atoms with van der Waals surface area (Å²) in [5.74, 6) is -4.73. The van der Waals surface area contributed by atoms with Crippen molar-refractivity contribution in [3.8, 4) is 5.88 Å². The average Bonchev–Trinajstić information content (AvgIpc) is 2.66. The van der Waals surface area contributed by atoms with Gasteiger partial charge in [0.1, 0.15) is 0 Å². The maximum atomic E-state index is 12.9. The topological polar surface area (TPSA) is 90.1 Å². The molecule has 0 radical (unpaired) electrons. The summed E-state index contributed by atoms with van der Waals surface area (Å²) in [5.41, 5.74) is 6.79. The van der Waals surface area contributed by atoms with Gasteiger partial charge in [-0.2, -0.15) is 8.78 Å². The van der Waals surface area contributed by atoms with Crippen LogP contribution in [0.4, 0.5) is 17.6 Å². The van der Waals surface area contributed by atoms with Crippen molar-refractivity contribution in [2.75, 3.05) is 6.61 Å². The molecule has 0 aliphatic carbocycles. The third-order valence-electron chi connectivity index (χ3n) is 3.56. The van der Waals surface area contributed by atoms with E-state index < -0.39 is 25.0 Å². The maximum Gasteiger partial charge on any atom is 0.340 e. The molecule has 31 heavy (non-hydrogen) atoms. The Kier molecular flexibility index (Phi) is 9.36. The Bertz CT molecular complexity index is 837. The second-order valence-corrected chi connectivity index (χ2v) is 8.04. The van der Waals surface area contributed by atoms with Crippen molar-refractivity contribution in [2.45, 2.75) is 58.5 Å². The van der Waals surface area contributed by atoms with Crippen molar-refractivity contribution in [1.29, 1.82) is 0 Å². The van der Waals surface area contributed by atoms with Crippen LogP contribution < -0.4 is 15.8 Å². The number of amides is 1. The quantitative estimate of drug-likeness (QED) is 0.622. The van der Waals surface area contributed by atoms with E-state index in [1.807, 2.05) is 20.8 Å². The lowest BCUT2D eigenvalue weighted by Gasteiger charge is -2.18. The molecule has 0 saturated carbocycles. The van der Waals surface area contributed by atoms with E-state index in [4.69, 9.17) is 10.5 Å². The van der Waals surface area contributed by atoms with Crippen molar-refractivity contribution in [2.24, 2.45) is 5.73 Å². The van der Waals surface area contributed by atoms with Crippen LogP contribution in [0.5, 0.6) is 5.88 Å². The highest BCUT2D eigenvalue weighted by molar-refractivity contribution is 5.94. The van der Waals surface area contributed by atoms with Crippen molar-refractivity contribution in [1.82, 2.24) is 15.3 Å². The fourth-order valence-corrected chi connectivity index (χ4v) is 2.07. The number of alkyl halides is 4. The summed E-state index contributed by atoms with van der Waals surface area (Å²) < 4.78 is 54.9. The Morgan fingerprint density at radius 3 is 2.26 bits per heavy atom. The molecule has 0 saturated heterocycles. The molecule has 1 atom stereocenters. The first-order valence-electron chi connectivity index (χ1n) is 9.46. The Balaban J connectivity index is 0.000000861. The summed E-state index contributed by atoms with van der Waals surface area (Å²) in [5, 5.41) is 2.76. The number of nitrogens with two attached hydrogens (primary N) is 1. The Morgan fingerprint density at radius 2 is 1.77 bits per heavy atom. The largest absolute Gasteiger partial charge is 0.471 e. The Hall–Kier alpha value is -2.75. The Labute approximate surface area is 179 Å². The minimum atomic E-state index is -4.25. The van der Waals surface area contributed by atoms with E-state index >= 15 is 0 Å².